The van der Waals surface area contributed by atoms with Gasteiger partial charge in [-0.2, -0.15) is 5.10 Å². The van der Waals surface area contributed by atoms with Crippen molar-refractivity contribution in [3.05, 3.63) is 71.4 Å². The lowest BCUT2D eigenvalue weighted by Crippen LogP contribution is -2.18. The van der Waals surface area contributed by atoms with E-state index < -0.39 is 0 Å². The van der Waals surface area contributed by atoms with Gasteiger partial charge in [0, 0.05) is 33.7 Å². The Bertz CT molecular complexity index is 1070. The first kappa shape index (κ1) is 18.1. The molecule has 2 aromatic carbocycles. The van der Waals surface area contributed by atoms with Gasteiger partial charge in [-0.25, -0.2) is 5.43 Å². The second-order valence-corrected chi connectivity index (χ2v) is 7.53. The molecule has 28 heavy (non-hydrogen) atoms. The molecule has 0 fully saturated rings. The number of amides is 2. The molecule has 0 atom stereocenters. The number of carbonyl (C=O) groups is 2. The van der Waals surface area contributed by atoms with Crippen LogP contribution in [0, 0.1) is 0 Å². The number of carbonyl (C=O) groups excluding carboxylic acids is 2. The van der Waals surface area contributed by atoms with Gasteiger partial charge in [-0.15, -0.1) is 0 Å². The van der Waals surface area contributed by atoms with Crippen LogP contribution in [0.2, 0.25) is 0 Å². The molecule has 0 radical (unpaired) electrons. The smallest absolute Gasteiger partial charge is 0.275 e. The Morgan fingerprint density at radius 3 is 2.54 bits per heavy atom. The molecule has 2 amide bonds. The topological polar surface area (TPSA) is 82.6 Å². The van der Waals surface area contributed by atoms with Crippen LogP contribution in [0.3, 0.4) is 0 Å². The van der Waals surface area contributed by atoms with Crippen molar-refractivity contribution in [2.24, 2.45) is 5.10 Å². The van der Waals surface area contributed by atoms with Crippen molar-refractivity contribution in [1.82, 2.24) is 5.43 Å². The molecule has 2 aromatic rings. The molecular weight excluding hydrogens is 372 g/mol. The van der Waals surface area contributed by atoms with Crippen molar-refractivity contribution in [3.8, 4) is 0 Å². The standard InChI is InChI=1S/C21H18N4O2S/c1-12-20(21(27)25-24-12)18-11-19(16-5-3-4-6-17(16)23-18)28-15-9-7-14(8-10-15)22-13(2)26/h3-11,23H,1-2H3,(H,22,26)(H,25,27). The SMILES string of the molecule is CC(=O)Nc1ccc(SC2=CC(=C3C(=O)NN=C3C)Nc3ccccc32)cc1. The summed E-state index contributed by atoms with van der Waals surface area (Å²) in [5.41, 5.74) is 7.21. The van der Waals surface area contributed by atoms with Crippen LogP contribution in [0.5, 0.6) is 0 Å². The quantitative estimate of drug-likeness (QED) is 0.693. The lowest BCUT2D eigenvalue weighted by molar-refractivity contribution is -0.116. The van der Waals surface area contributed by atoms with E-state index in [-0.39, 0.29) is 11.8 Å². The van der Waals surface area contributed by atoms with Crippen LogP contribution in [-0.4, -0.2) is 17.5 Å². The maximum Gasteiger partial charge on any atom is 0.275 e. The molecule has 0 aromatic heterocycles. The van der Waals surface area contributed by atoms with Gasteiger partial charge >= 0.3 is 0 Å². The summed E-state index contributed by atoms with van der Waals surface area (Å²) in [6.07, 6.45) is 1.98. The zero-order chi connectivity index (χ0) is 19.7. The minimum atomic E-state index is -0.209. The van der Waals surface area contributed by atoms with Crippen LogP contribution >= 0.6 is 11.8 Å². The predicted molar refractivity (Wildman–Crippen MR) is 113 cm³/mol. The Morgan fingerprint density at radius 1 is 1.11 bits per heavy atom. The molecular formula is C21H18N4O2S. The summed E-state index contributed by atoms with van der Waals surface area (Å²) in [4.78, 5) is 25.4. The third kappa shape index (κ3) is 3.57. The zero-order valence-electron chi connectivity index (χ0n) is 15.4. The zero-order valence-corrected chi connectivity index (χ0v) is 16.2. The number of hydrogen-bond donors (Lipinski definition) is 3. The average molecular weight is 390 g/mol. The summed E-state index contributed by atoms with van der Waals surface area (Å²) < 4.78 is 0. The number of thioether (sulfide) groups is 1. The van der Waals surface area contributed by atoms with Crippen molar-refractivity contribution >= 4 is 45.6 Å². The highest BCUT2D eigenvalue weighted by Crippen LogP contribution is 2.42. The van der Waals surface area contributed by atoms with E-state index in [1.165, 1.54) is 6.92 Å². The van der Waals surface area contributed by atoms with E-state index >= 15 is 0 Å². The molecule has 0 saturated carbocycles. The van der Waals surface area contributed by atoms with Crippen LogP contribution in [0.4, 0.5) is 11.4 Å². The van der Waals surface area contributed by atoms with Crippen molar-refractivity contribution < 1.29 is 9.59 Å². The maximum atomic E-state index is 12.2. The summed E-state index contributed by atoms with van der Waals surface area (Å²) in [5, 5.41) is 10.1. The van der Waals surface area contributed by atoms with E-state index in [9.17, 15) is 9.59 Å². The van der Waals surface area contributed by atoms with Gasteiger partial charge in [0.25, 0.3) is 5.91 Å². The number of nitrogens with one attached hydrogen (secondary N) is 3. The molecule has 2 aliphatic rings. The molecule has 2 heterocycles. The van der Waals surface area contributed by atoms with Gasteiger partial charge < -0.3 is 10.6 Å². The minimum Gasteiger partial charge on any atom is -0.354 e. The molecule has 0 spiro atoms. The van der Waals surface area contributed by atoms with E-state index in [0.717, 1.165) is 32.4 Å². The van der Waals surface area contributed by atoms with Gasteiger partial charge in [0.1, 0.15) is 0 Å². The second-order valence-electron chi connectivity index (χ2n) is 6.41. The van der Waals surface area contributed by atoms with E-state index in [2.05, 4.69) is 21.2 Å². The number of hydrogen-bond acceptors (Lipinski definition) is 5. The van der Waals surface area contributed by atoms with Gasteiger partial charge in [0.2, 0.25) is 5.91 Å². The number of fused-ring (bicyclic) bond motifs is 1. The number of rotatable bonds is 3. The third-order valence-electron chi connectivity index (χ3n) is 4.32. The fourth-order valence-corrected chi connectivity index (χ4v) is 4.07. The molecule has 2 aliphatic heterocycles. The predicted octanol–water partition coefficient (Wildman–Crippen LogP) is 3.96. The first-order valence-electron chi connectivity index (χ1n) is 8.74. The van der Waals surface area contributed by atoms with Crippen molar-refractivity contribution in [2.75, 3.05) is 10.6 Å². The third-order valence-corrected chi connectivity index (χ3v) is 5.39. The Labute approximate surface area is 166 Å². The highest BCUT2D eigenvalue weighted by molar-refractivity contribution is 8.08. The number of anilines is 2. The highest BCUT2D eigenvalue weighted by atomic mass is 32.2. The van der Waals surface area contributed by atoms with Gasteiger partial charge in [0.05, 0.1) is 17.0 Å². The molecule has 6 nitrogen and oxygen atoms in total. The number of allylic oxidation sites excluding steroid dienone is 1. The molecule has 0 aliphatic carbocycles. The second kappa shape index (κ2) is 7.36. The van der Waals surface area contributed by atoms with Crippen LogP contribution in [-0.2, 0) is 9.59 Å². The first-order valence-corrected chi connectivity index (χ1v) is 9.56. The Balaban J connectivity index is 1.71. The van der Waals surface area contributed by atoms with Crippen molar-refractivity contribution in [3.63, 3.8) is 0 Å². The molecule has 0 unspecified atom stereocenters. The molecule has 7 heteroatoms. The largest absolute Gasteiger partial charge is 0.354 e. The summed E-state index contributed by atoms with van der Waals surface area (Å²) in [5.74, 6) is -0.307. The highest BCUT2D eigenvalue weighted by Gasteiger charge is 2.26. The van der Waals surface area contributed by atoms with Crippen LogP contribution in [0.25, 0.3) is 4.91 Å². The van der Waals surface area contributed by atoms with E-state index in [1.807, 2.05) is 61.5 Å². The molecule has 140 valence electrons. The average Bonchev–Trinajstić information content (AvgIpc) is 3.01. The number of para-hydroxylation sites is 1. The minimum absolute atomic E-state index is 0.0986. The van der Waals surface area contributed by atoms with Crippen molar-refractivity contribution in [2.45, 2.75) is 18.7 Å². The molecule has 0 saturated heterocycles. The fraction of sp³-hybridized carbons (Fsp3) is 0.0952. The Morgan fingerprint density at radius 2 is 1.86 bits per heavy atom. The van der Waals surface area contributed by atoms with Gasteiger partial charge in [-0.3, -0.25) is 9.59 Å². The van der Waals surface area contributed by atoms with Crippen molar-refractivity contribution in [1.29, 1.82) is 0 Å². The monoisotopic (exact) mass is 390 g/mol. The number of hydrazone groups is 1. The summed E-state index contributed by atoms with van der Waals surface area (Å²) >= 11 is 1.60. The number of nitrogens with zero attached hydrogens (tertiary/aromatic N) is 1. The lowest BCUT2D eigenvalue weighted by Gasteiger charge is -2.22. The molecule has 4 rings (SSSR count). The Kier molecular flexibility index (Phi) is 4.75. The van der Waals surface area contributed by atoms with Crippen LogP contribution in [0.1, 0.15) is 19.4 Å². The lowest BCUT2D eigenvalue weighted by atomic mass is 10.0. The summed E-state index contributed by atoms with van der Waals surface area (Å²) in [7, 11) is 0. The van der Waals surface area contributed by atoms with Crippen LogP contribution < -0.4 is 16.1 Å². The van der Waals surface area contributed by atoms with Gasteiger partial charge in [-0.1, -0.05) is 30.0 Å². The summed E-state index contributed by atoms with van der Waals surface area (Å²) in [6, 6.07) is 15.6. The molecule has 0 bridgehead atoms. The van der Waals surface area contributed by atoms with E-state index in [0.29, 0.717) is 11.3 Å². The fourth-order valence-electron chi connectivity index (χ4n) is 3.08. The normalized spacial score (nSPS) is 17.9. The van der Waals surface area contributed by atoms with E-state index in [1.54, 1.807) is 11.8 Å². The maximum absolute atomic E-state index is 12.2. The molecule has 3 N–H and O–H groups in total. The van der Waals surface area contributed by atoms with E-state index in [4.69, 9.17) is 0 Å². The van der Waals surface area contributed by atoms with Gasteiger partial charge in [-0.05, 0) is 43.3 Å². The van der Waals surface area contributed by atoms with Crippen LogP contribution in [0.15, 0.2) is 75.9 Å². The van der Waals surface area contributed by atoms with Gasteiger partial charge in [0.15, 0.2) is 0 Å². The summed E-state index contributed by atoms with van der Waals surface area (Å²) in [6.45, 7) is 3.29. The Hall–Kier alpha value is -3.32. The first-order chi connectivity index (χ1) is 13.5. The number of benzene rings is 2.